The van der Waals surface area contributed by atoms with E-state index in [0.29, 0.717) is 12.8 Å². The molecule has 1 saturated carbocycles. The molecule has 0 bridgehead atoms. The Morgan fingerprint density at radius 3 is 2.53 bits per heavy atom. The Hall–Kier alpha value is -1.10. The van der Waals surface area contributed by atoms with Crippen LogP contribution in [-0.2, 0) is 14.3 Å². The second kappa shape index (κ2) is 5.11. The molecule has 0 aromatic rings. The van der Waals surface area contributed by atoms with E-state index in [1.807, 2.05) is 13.8 Å². The lowest BCUT2D eigenvalue weighted by Crippen LogP contribution is -2.47. The molecular formula is C10H17NO4. The van der Waals surface area contributed by atoms with E-state index in [4.69, 9.17) is 9.84 Å². The molecule has 0 spiro atoms. The molecule has 0 unspecified atom stereocenters. The lowest BCUT2D eigenvalue weighted by molar-refractivity contribution is -0.146. The Morgan fingerprint density at radius 1 is 1.47 bits per heavy atom. The maximum Gasteiger partial charge on any atom is 0.306 e. The van der Waals surface area contributed by atoms with Gasteiger partial charge in [0.15, 0.2) is 0 Å². The molecule has 0 heterocycles. The number of carbonyl (C=O) groups excluding carboxylic acids is 1. The van der Waals surface area contributed by atoms with Gasteiger partial charge in [0.2, 0.25) is 5.91 Å². The number of carboxylic acids is 1. The molecule has 2 N–H and O–H groups in total. The van der Waals surface area contributed by atoms with Gasteiger partial charge in [-0.15, -0.1) is 0 Å². The van der Waals surface area contributed by atoms with Gasteiger partial charge in [0, 0.05) is 6.04 Å². The maximum absolute atomic E-state index is 11.2. The van der Waals surface area contributed by atoms with Crippen molar-refractivity contribution in [2.45, 2.75) is 38.8 Å². The fourth-order valence-corrected chi connectivity index (χ4v) is 1.45. The van der Waals surface area contributed by atoms with Crippen LogP contribution in [0.15, 0.2) is 0 Å². The molecule has 0 saturated heterocycles. The summed E-state index contributed by atoms with van der Waals surface area (Å²) >= 11 is 0. The monoisotopic (exact) mass is 215 g/mol. The largest absolute Gasteiger partial charge is 0.481 e. The smallest absolute Gasteiger partial charge is 0.306 e. The molecule has 0 radical (unpaired) electrons. The Labute approximate surface area is 88.8 Å². The van der Waals surface area contributed by atoms with Gasteiger partial charge in [0.25, 0.3) is 0 Å². The Kier molecular flexibility index (Phi) is 4.08. The molecule has 0 atom stereocenters. The molecule has 1 fully saturated rings. The number of aliphatic carboxylic acids is 1. The number of rotatable bonds is 5. The minimum absolute atomic E-state index is 0.00867. The van der Waals surface area contributed by atoms with Crippen molar-refractivity contribution in [3.05, 3.63) is 0 Å². The van der Waals surface area contributed by atoms with Crippen LogP contribution in [0.25, 0.3) is 0 Å². The fraction of sp³-hybridized carbons (Fsp3) is 0.800. The zero-order valence-corrected chi connectivity index (χ0v) is 9.03. The summed E-state index contributed by atoms with van der Waals surface area (Å²) in [6.45, 7) is 3.76. The second-order valence-electron chi connectivity index (χ2n) is 4.13. The normalized spacial score (nSPS) is 24.7. The summed E-state index contributed by atoms with van der Waals surface area (Å²) in [5, 5.41) is 11.4. The summed E-state index contributed by atoms with van der Waals surface area (Å²) in [5.41, 5.74) is 0. The summed E-state index contributed by atoms with van der Waals surface area (Å²) in [4.78, 5) is 21.7. The van der Waals surface area contributed by atoms with Crippen LogP contribution in [0.4, 0.5) is 0 Å². The van der Waals surface area contributed by atoms with Crippen molar-refractivity contribution in [3.63, 3.8) is 0 Å². The van der Waals surface area contributed by atoms with Crippen molar-refractivity contribution in [3.8, 4) is 0 Å². The molecule has 5 nitrogen and oxygen atoms in total. The first kappa shape index (κ1) is 12.0. The summed E-state index contributed by atoms with van der Waals surface area (Å²) < 4.78 is 5.12. The van der Waals surface area contributed by atoms with Crippen LogP contribution >= 0.6 is 0 Å². The number of hydrogen-bond acceptors (Lipinski definition) is 3. The molecular weight excluding hydrogens is 198 g/mol. The van der Waals surface area contributed by atoms with Crippen LogP contribution in [-0.4, -0.2) is 35.7 Å². The molecule has 0 aliphatic heterocycles. The van der Waals surface area contributed by atoms with Crippen LogP contribution < -0.4 is 5.32 Å². The third kappa shape index (κ3) is 3.87. The third-order valence-corrected chi connectivity index (χ3v) is 2.40. The predicted octanol–water partition coefficient (Wildman–Crippen LogP) is 0.391. The number of nitrogens with one attached hydrogen (secondary N) is 1. The van der Waals surface area contributed by atoms with E-state index in [1.54, 1.807) is 0 Å². The van der Waals surface area contributed by atoms with Gasteiger partial charge in [0.1, 0.15) is 6.61 Å². The van der Waals surface area contributed by atoms with E-state index < -0.39 is 5.97 Å². The van der Waals surface area contributed by atoms with Crippen LogP contribution in [0.2, 0.25) is 0 Å². The SMILES string of the molecule is CC(C)OCC(=O)NC1CC(C(=O)O)C1. The van der Waals surface area contributed by atoms with Crippen molar-refractivity contribution in [1.82, 2.24) is 5.32 Å². The number of carbonyl (C=O) groups is 2. The lowest BCUT2D eigenvalue weighted by Gasteiger charge is -2.32. The van der Waals surface area contributed by atoms with Crippen molar-refractivity contribution in [2.75, 3.05) is 6.61 Å². The van der Waals surface area contributed by atoms with E-state index in [9.17, 15) is 9.59 Å². The molecule has 5 heteroatoms. The maximum atomic E-state index is 11.2. The number of hydrogen-bond donors (Lipinski definition) is 2. The van der Waals surface area contributed by atoms with Crippen LogP contribution in [0.1, 0.15) is 26.7 Å². The fourth-order valence-electron chi connectivity index (χ4n) is 1.45. The zero-order valence-electron chi connectivity index (χ0n) is 9.03. The minimum Gasteiger partial charge on any atom is -0.481 e. The molecule has 15 heavy (non-hydrogen) atoms. The van der Waals surface area contributed by atoms with Gasteiger partial charge >= 0.3 is 5.97 Å². The van der Waals surface area contributed by atoms with Gasteiger partial charge in [-0.05, 0) is 26.7 Å². The molecule has 1 rings (SSSR count). The van der Waals surface area contributed by atoms with E-state index in [1.165, 1.54) is 0 Å². The average molecular weight is 215 g/mol. The molecule has 0 aromatic heterocycles. The molecule has 1 aliphatic rings. The summed E-state index contributed by atoms with van der Waals surface area (Å²) in [6.07, 6.45) is 1.09. The number of carboxylic acid groups (broad SMARTS) is 1. The van der Waals surface area contributed by atoms with E-state index in [-0.39, 0.29) is 30.6 Å². The van der Waals surface area contributed by atoms with Gasteiger partial charge in [-0.2, -0.15) is 0 Å². The van der Waals surface area contributed by atoms with Crippen molar-refractivity contribution in [2.24, 2.45) is 5.92 Å². The Balaban J connectivity index is 2.11. The van der Waals surface area contributed by atoms with Gasteiger partial charge in [-0.1, -0.05) is 0 Å². The topological polar surface area (TPSA) is 75.6 Å². The first-order valence-corrected chi connectivity index (χ1v) is 5.12. The van der Waals surface area contributed by atoms with Crippen LogP contribution in [0.5, 0.6) is 0 Å². The minimum atomic E-state index is -0.779. The Morgan fingerprint density at radius 2 is 2.07 bits per heavy atom. The van der Waals surface area contributed by atoms with Crippen molar-refractivity contribution in [1.29, 1.82) is 0 Å². The molecule has 0 aromatic carbocycles. The Bertz CT molecular complexity index is 246. The van der Waals surface area contributed by atoms with Gasteiger partial charge in [-0.25, -0.2) is 0 Å². The number of ether oxygens (including phenoxy) is 1. The highest BCUT2D eigenvalue weighted by atomic mass is 16.5. The summed E-state index contributed by atoms with van der Waals surface area (Å²) in [7, 11) is 0. The van der Waals surface area contributed by atoms with Gasteiger partial charge in [0.05, 0.1) is 12.0 Å². The quantitative estimate of drug-likeness (QED) is 0.695. The predicted molar refractivity (Wildman–Crippen MR) is 53.4 cm³/mol. The highest BCUT2D eigenvalue weighted by Gasteiger charge is 2.35. The first-order valence-electron chi connectivity index (χ1n) is 5.12. The standard InChI is InChI=1S/C10H17NO4/c1-6(2)15-5-9(12)11-8-3-7(4-8)10(13)14/h6-8H,3-5H2,1-2H3,(H,11,12)(H,13,14). The van der Waals surface area contributed by atoms with Crippen LogP contribution in [0.3, 0.4) is 0 Å². The number of amides is 1. The zero-order chi connectivity index (χ0) is 11.4. The second-order valence-corrected chi connectivity index (χ2v) is 4.13. The van der Waals surface area contributed by atoms with Gasteiger partial charge < -0.3 is 15.2 Å². The van der Waals surface area contributed by atoms with Crippen molar-refractivity contribution >= 4 is 11.9 Å². The van der Waals surface area contributed by atoms with E-state index in [2.05, 4.69) is 5.32 Å². The average Bonchev–Trinajstić information content (AvgIpc) is 2.06. The van der Waals surface area contributed by atoms with Gasteiger partial charge in [-0.3, -0.25) is 9.59 Å². The van der Waals surface area contributed by atoms with E-state index >= 15 is 0 Å². The highest BCUT2D eigenvalue weighted by Crippen LogP contribution is 2.27. The highest BCUT2D eigenvalue weighted by molar-refractivity contribution is 5.78. The molecule has 1 aliphatic carbocycles. The molecule has 86 valence electrons. The van der Waals surface area contributed by atoms with E-state index in [0.717, 1.165) is 0 Å². The van der Waals surface area contributed by atoms with Crippen LogP contribution in [0, 0.1) is 5.92 Å². The molecule has 1 amide bonds. The first-order chi connectivity index (χ1) is 6.99. The van der Waals surface area contributed by atoms with Crippen molar-refractivity contribution < 1.29 is 19.4 Å². The lowest BCUT2D eigenvalue weighted by atomic mass is 9.80. The third-order valence-electron chi connectivity index (χ3n) is 2.40. The summed E-state index contributed by atoms with van der Waals surface area (Å²) in [6, 6.07) is 0.00867. The summed E-state index contributed by atoms with van der Waals surface area (Å²) in [5.74, 6) is -1.24.